The number of benzene rings is 1. The molecule has 0 saturated carbocycles. The summed E-state index contributed by atoms with van der Waals surface area (Å²) in [6, 6.07) is 4.15. The van der Waals surface area contributed by atoms with Gasteiger partial charge in [-0.2, -0.15) is 0 Å². The average Bonchev–Trinajstić information content (AvgIpc) is 2.58. The number of fused-ring (bicyclic) bond motifs is 1. The fraction of sp³-hybridized carbons (Fsp3) is 0.100. The smallest absolute Gasteiger partial charge is 0.416 e. The number of hydrogen-bond donors (Lipinski definition) is 2. The number of halogens is 1. The van der Waals surface area contributed by atoms with Crippen molar-refractivity contribution in [2.45, 2.75) is 6.61 Å². The maximum atomic E-state index is 13.4. The van der Waals surface area contributed by atoms with Crippen LogP contribution in [-0.2, 0) is 6.61 Å². The Labute approximate surface area is 84.2 Å². The molecule has 2 N–H and O–H groups in total. The Hall–Kier alpha value is -1.88. The molecule has 2 aromatic rings. The van der Waals surface area contributed by atoms with E-state index >= 15 is 0 Å². The molecule has 2 rings (SSSR count). The molecule has 78 valence electrons. The maximum absolute atomic E-state index is 13.4. The van der Waals surface area contributed by atoms with E-state index in [1.165, 1.54) is 24.4 Å². The van der Waals surface area contributed by atoms with Gasteiger partial charge < -0.3 is 10.2 Å². The number of carbonyl (C=O) groups is 1. The molecule has 0 amide bonds. The van der Waals surface area contributed by atoms with E-state index in [1.54, 1.807) is 0 Å². The van der Waals surface area contributed by atoms with Crippen LogP contribution in [0.15, 0.2) is 24.4 Å². The monoisotopic (exact) mass is 209 g/mol. The van der Waals surface area contributed by atoms with Gasteiger partial charge in [0.2, 0.25) is 0 Å². The standard InChI is InChI=1S/C10H8FNO3/c11-7-2-1-3-8-9(7)6(5-13)4-12(8)10(14)15/h1-4,13H,5H2,(H,14,15). The molecule has 0 aliphatic rings. The second kappa shape index (κ2) is 3.36. The van der Waals surface area contributed by atoms with Crippen LogP contribution in [-0.4, -0.2) is 20.9 Å². The minimum Gasteiger partial charge on any atom is -0.464 e. The zero-order valence-corrected chi connectivity index (χ0v) is 7.64. The van der Waals surface area contributed by atoms with Gasteiger partial charge in [0, 0.05) is 17.1 Å². The summed E-state index contributed by atoms with van der Waals surface area (Å²) >= 11 is 0. The normalized spacial score (nSPS) is 10.8. The number of aromatic nitrogens is 1. The number of hydrogen-bond acceptors (Lipinski definition) is 2. The van der Waals surface area contributed by atoms with Crippen LogP contribution in [0.2, 0.25) is 0 Å². The molecule has 4 nitrogen and oxygen atoms in total. The molecule has 0 saturated heterocycles. The van der Waals surface area contributed by atoms with Gasteiger partial charge in [-0.1, -0.05) is 6.07 Å². The molecule has 1 aromatic carbocycles. The van der Waals surface area contributed by atoms with Crippen molar-refractivity contribution in [3.05, 3.63) is 35.8 Å². The third-order valence-corrected chi connectivity index (χ3v) is 2.23. The van der Waals surface area contributed by atoms with Crippen LogP contribution < -0.4 is 0 Å². The van der Waals surface area contributed by atoms with Crippen molar-refractivity contribution in [1.29, 1.82) is 0 Å². The van der Waals surface area contributed by atoms with Gasteiger partial charge in [0.15, 0.2) is 0 Å². The Balaban J connectivity index is 2.87. The molecule has 0 aliphatic heterocycles. The van der Waals surface area contributed by atoms with E-state index < -0.39 is 18.5 Å². The second-order valence-corrected chi connectivity index (χ2v) is 3.10. The lowest BCUT2D eigenvalue weighted by atomic mass is 10.2. The van der Waals surface area contributed by atoms with Gasteiger partial charge in [0.1, 0.15) is 5.82 Å². The highest BCUT2D eigenvalue weighted by molar-refractivity contribution is 5.91. The third-order valence-electron chi connectivity index (χ3n) is 2.23. The van der Waals surface area contributed by atoms with Crippen molar-refractivity contribution in [2.75, 3.05) is 0 Å². The first-order valence-corrected chi connectivity index (χ1v) is 4.27. The van der Waals surface area contributed by atoms with Crippen LogP contribution in [0.4, 0.5) is 9.18 Å². The first kappa shape index (κ1) is 9.67. The van der Waals surface area contributed by atoms with E-state index in [1.807, 2.05) is 0 Å². The van der Waals surface area contributed by atoms with Crippen LogP contribution >= 0.6 is 0 Å². The van der Waals surface area contributed by atoms with Crippen molar-refractivity contribution in [3.63, 3.8) is 0 Å². The Morgan fingerprint density at radius 2 is 2.20 bits per heavy atom. The summed E-state index contributed by atoms with van der Waals surface area (Å²) in [6.07, 6.45) is 0.0149. The van der Waals surface area contributed by atoms with Gasteiger partial charge in [0.05, 0.1) is 12.1 Å². The quantitative estimate of drug-likeness (QED) is 0.752. The van der Waals surface area contributed by atoms with E-state index in [4.69, 9.17) is 10.2 Å². The largest absolute Gasteiger partial charge is 0.464 e. The van der Waals surface area contributed by atoms with Crippen molar-refractivity contribution in [2.24, 2.45) is 0 Å². The summed E-state index contributed by atoms with van der Waals surface area (Å²) in [5, 5.41) is 18.0. The molecule has 5 heteroatoms. The Bertz CT molecular complexity index is 533. The Kier molecular flexibility index (Phi) is 2.17. The van der Waals surface area contributed by atoms with Crippen molar-refractivity contribution < 1.29 is 19.4 Å². The lowest BCUT2D eigenvalue weighted by Crippen LogP contribution is -2.05. The van der Waals surface area contributed by atoms with Crippen LogP contribution in [0.3, 0.4) is 0 Å². The van der Waals surface area contributed by atoms with E-state index in [0.717, 1.165) is 4.57 Å². The number of aliphatic hydroxyl groups is 1. The van der Waals surface area contributed by atoms with Crippen LogP contribution in [0, 0.1) is 5.82 Å². The van der Waals surface area contributed by atoms with Gasteiger partial charge >= 0.3 is 6.09 Å². The van der Waals surface area contributed by atoms with Gasteiger partial charge in [-0.3, -0.25) is 4.57 Å². The van der Waals surface area contributed by atoms with Crippen molar-refractivity contribution >= 4 is 17.0 Å². The highest BCUT2D eigenvalue weighted by atomic mass is 19.1. The molecule has 0 bridgehead atoms. The molecule has 1 aromatic heterocycles. The second-order valence-electron chi connectivity index (χ2n) is 3.10. The van der Waals surface area contributed by atoms with Gasteiger partial charge in [0.25, 0.3) is 0 Å². The van der Waals surface area contributed by atoms with Crippen LogP contribution in [0.25, 0.3) is 10.9 Å². The number of rotatable bonds is 1. The number of carboxylic acid groups (broad SMARTS) is 1. The van der Waals surface area contributed by atoms with Crippen molar-refractivity contribution in [1.82, 2.24) is 4.57 Å². The molecular formula is C10H8FNO3. The topological polar surface area (TPSA) is 62.5 Å². The van der Waals surface area contributed by atoms with E-state index in [9.17, 15) is 9.18 Å². The third kappa shape index (κ3) is 1.37. The molecule has 0 atom stereocenters. The fourth-order valence-electron chi connectivity index (χ4n) is 1.60. The highest BCUT2D eigenvalue weighted by Gasteiger charge is 2.14. The minimum atomic E-state index is -1.20. The summed E-state index contributed by atoms with van der Waals surface area (Å²) < 4.78 is 14.3. The predicted molar refractivity (Wildman–Crippen MR) is 51.2 cm³/mol. The summed E-state index contributed by atoms with van der Waals surface area (Å²) in [5.74, 6) is -0.531. The van der Waals surface area contributed by atoms with Gasteiger partial charge in [-0.25, -0.2) is 9.18 Å². The summed E-state index contributed by atoms with van der Waals surface area (Å²) in [6.45, 7) is -0.391. The molecule has 0 unspecified atom stereocenters. The lowest BCUT2D eigenvalue weighted by Gasteiger charge is -1.97. The lowest BCUT2D eigenvalue weighted by molar-refractivity contribution is 0.197. The van der Waals surface area contributed by atoms with Gasteiger partial charge in [-0.15, -0.1) is 0 Å². The molecule has 0 spiro atoms. The predicted octanol–water partition coefficient (Wildman–Crippen LogP) is 1.80. The summed E-state index contributed by atoms with van der Waals surface area (Å²) in [7, 11) is 0. The highest BCUT2D eigenvalue weighted by Crippen LogP contribution is 2.24. The average molecular weight is 209 g/mol. The van der Waals surface area contributed by atoms with Gasteiger partial charge in [-0.05, 0) is 12.1 Å². The SMILES string of the molecule is O=C(O)n1cc(CO)c2c(F)cccc21. The molecule has 0 aliphatic carbocycles. The van der Waals surface area contributed by atoms with Crippen LogP contribution in [0.1, 0.15) is 5.56 Å². The molecule has 0 fully saturated rings. The Morgan fingerprint density at radius 3 is 2.80 bits per heavy atom. The molecular weight excluding hydrogens is 201 g/mol. The zero-order chi connectivity index (χ0) is 11.0. The van der Waals surface area contributed by atoms with E-state index in [2.05, 4.69) is 0 Å². The Morgan fingerprint density at radius 1 is 1.47 bits per heavy atom. The molecule has 1 heterocycles. The summed E-state index contributed by atoms with van der Waals surface area (Å²) in [5.41, 5.74) is 0.511. The van der Waals surface area contributed by atoms with Crippen molar-refractivity contribution in [3.8, 4) is 0 Å². The minimum absolute atomic E-state index is 0.155. The maximum Gasteiger partial charge on any atom is 0.416 e. The summed E-state index contributed by atoms with van der Waals surface area (Å²) in [4.78, 5) is 10.8. The number of aliphatic hydroxyl groups excluding tert-OH is 1. The first-order valence-electron chi connectivity index (χ1n) is 4.27. The zero-order valence-electron chi connectivity index (χ0n) is 7.64. The fourth-order valence-corrected chi connectivity index (χ4v) is 1.60. The van der Waals surface area contributed by atoms with Crippen LogP contribution in [0.5, 0.6) is 0 Å². The van der Waals surface area contributed by atoms with E-state index in [-0.39, 0.29) is 16.5 Å². The first-order chi connectivity index (χ1) is 7.15. The molecule has 0 radical (unpaired) electrons. The number of nitrogens with zero attached hydrogens (tertiary/aromatic N) is 1. The van der Waals surface area contributed by atoms with E-state index in [0.29, 0.717) is 0 Å². The molecule has 15 heavy (non-hydrogen) atoms.